The fourth-order valence-corrected chi connectivity index (χ4v) is 1.53. The molecule has 0 N–H and O–H groups in total. The van der Waals surface area contributed by atoms with Gasteiger partial charge in [-0.3, -0.25) is 0 Å². The van der Waals surface area contributed by atoms with Crippen LogP contribution in [0.15, 0.2) is 48.7 Å². The molecule has 0 aliphatic carbocycles. The minimum Gasteiger partial charge on any atom is -0.371 e. The summed E-state index contributed by atoms with van der Waals surface area (Å²) in [6.07, 6.45) is 13.8. The zero-order valence-electron chi connectivity index (χ0n) is 9.11. The molecule has 14 heavy (non-hydrogen) atoms. The average molecular weight is 189 g/mol. The van der Waals surface area contributed by atoms with Crippen molar-refractivity contribution in [2.45, 2.75) is 26.3 Å². The summed E-state index contributed by atoms with van der Waals surface area (Å²) in [7, 11) is 0. The molecule has 0 spiro atoms. The molecule has 1 aliphatic rings. The zero-order valence-corrected chi connectivity index (χ0v) is 9.11. The van der Waals surface area contributed by atoms with Gasteiger partial charge in [0.25, 0.3) is 0 Å². The van der Waals surface area contributed by atoms with Crippen LogP contribution in [0.3, 0.4) is 0 Å². The maximum absolute atomic E-state index is 3.68. The summed E-state index contributed by atoms with van der Waals surface area (Å²) in [5.74, 6) is 0. The molecule has 0 bridgehead atoms. The predicted octanol–water partition coefficient (Wildman–Crippen LogP) is 3.28. The summed E-state index contributed by atoms with van der Waals surface area (Å²) in [4.78, 5) is 2.36. The second kappa shape index (κ2) is 5.48. The number of hydrogen-bond donors (Lipinski definition) is 0. The van der Waals surface area contributed by atoms with Crippen LogP contribution in [0.2, 0.25) is 0 Å². The van der Waals surface area contributed by atoms with Gasteiger partial charge < -0.3 is 4.90 Å². The maximum atomic E-state index is 3.68. The van der Waals surface area contributed by atoms with Crippen molar-refractivity contribution >= 4 is 0 Å². The molecule has 1 unspecified atom stereocenters. The monoisotopic (exact) mass is 189 g/mol. The Labute approximate surface area is 87.1 Å². The lowest BCUT2D eigenvalue weighted by atomic mass is 10.2. The Kier molecular flexibility index (Phi) is 4.24. The van der Waals surface area contributed by atoms with E-state index in [1.165, 1.54) is 5.57 Å². The molecular weight excluding hydrogens is 170 g/mol. The van der Waals surface area contributed by atoms with E-state index in [0.717, 1.165) is 13.0 Å². The van der Waals surface area contributed by atoms with E-state index >= 15 is 0 Å². The third-order valence-corrected chi connectivity index (χ3v) is 2.35. The quantitative estimate of drug-likeness (QED) is 0.616. The van der Waals surface area contributed by atoms with Crippen LogP contribution in [0.1, 0.15) is 20.3 Å². The van der Waals surface area contributed by atoms with Gasteiger partial charge in [-0.05, 0) is 25.8 Å². The Bertz CT molecular complexity index is 271. The molecule has 0 amide bonds. The SMILES string of the molecule is C=C/C=C\C(C)N1C=C(C)C=CCC1. The van der Waals surface area contributed by atoms with Gasteiger partial charge in [0.15, 0.2) is 0 Å². The van der Waals surface area contributed by atoms with Gasteiger partial charge in [0, 0.05) is 18.8 Å². The van der Waals surface area contributed by atoms with Crippen LogP contribution in [0.4, 0.5) is 0 Å². The van der Waals surface area contributed by atoms with E-state index in [4.69, 9.17) is 0 Å². The van der Waals surface area contributed by atoms with Crippen molar-refractivity contribution in [3.8, 4) is 0 Å². The largest absolute Gasteiger partial charge is 0.371 e. The molecule has 0 saturated heterocycles. The standard InChI is InChI=1S/C13H19N/c1-4-5-9-13(3)14-10-7-6-8-12(2)11-14/h4-6,8-9,11,13H,1,7,10H2,2-3H3/b9-5-. The highest BCUT2D eigenvalue weighted by atomic mass is 15.1. The minimum atomic E-state index is 0.447. The van der Waals surface area contributed by atoms with E-state index in [0.29, 0.717) is 6.04 Å². The van der Waals surface area contributed by atoms with Crippen molar-refractivity contribution in [2.75, 3.05) is 6.54 Å². The topological polar surface area (TPSA) is 3.24 Å². The fraction of sp³-hybridized carbons (Fsp3) is 0.385. The van der Waals surface area contributed by atoms with Gasteiger partial charge in [-0.25, -0.2) is 0 Å². The second-order valence-corrected chi connectivity index (χ2v) is 3.66. The van der Waals surface area contributed by atoms with Crippen LogP contribution in [-0.2, 0) is 0 Å². The number of nitrogens with zero attached hydrogens (tertiary/aromatic N) is 1. The third-order valence-electron chi connectivity index (χ3n) is 2.35. The fourth-order valence-electron chi connectivity index (χ4n) is 1.53. The van der Waals surface area contributed by atoms with Gasteiger partial charge in [0.05, 0.1) is 0 Å². The first-order chi connectivity index (χ1) is 6.74. The molecule has 1 atom stereocenters. The molecule has 0 fully saturated rings. The van der Waals surface area contributed by atoms with E-state index in [9.17, 15) is 0 Å². The Morgan fingerprint density at radius 3 is 3.07 bits per heavy atom. The lowest BCUT2D eigenvalue weighted by Gasteiger charge is -2.24. The van der Waals surface area contributed by atoms with Crippen molar-refractivity contribution in [1.82, 2.24) is 4.90 Å². The van der Waals surface area contributed by atoms with Crippen molar-refractivity contribution in [1.29, 1.82) is 0 Å². The van der Waals surface area contributed by atoms with Gasteiger partial charge in [0.2, 0.25) is 0 Å². The second-order valence-electron chi connectivity index (χ2n) is 3.66. The lowest BCUT2D eigenvalue weighted by molar-refractivity contribution is 0.343. The van der Waals surface area contributed by atoms with E-state index in [1.807, 2.05) is 12.2 Å². The summed E-state index contributed by atoms with van der Waals surface area (Å²) in [6, 6.07) is 0.447. The Balaban J connectivity index is 2.63. The molecule has 1 rings (SSSR count). The molecule has 76 valence electrons. The normalized spacial score (nSPS) is 19.3. The van der Waals surface area contributed by atoms with Gasteiger partial charge >= 0.3 is 0 Å². The van der Waals surface area contributed by atoms with Crippen LogP contribution in [-0.4, -0.2) is 17.5 Å². The predicted molar refractivity (Wildman–Crippen MR) is 63.0 cm³/mol. The smallest absolute Gasteiger partial charge is 0.0442 e. The van der Waals surface area contributed by atoms with Gasteiger partial charge in [0.1, 0.15) is 0 Å². The Hall–Kier alpha value is -1.24. The molecule has 0 aromatic heterocycles. The lowest BCUT2D eigenvalue weighted by Crippen LogP contribution is -2.27. The third kappa shape index (κ3) is 3.25. The van der Waals surface area contributed by atoms with Crippen molar-refractivity contribution < 1.29 is 0 Å². The Morgan fingerprint density at radius 1 is 1.57 bits per heavy atom. The van der Waals surface area contributed by atoms with Gasteiger partial charge in [-0.15, -0.1) is 0 Å². The molecular formula is C13H19N. The molecule has 1 heterocycles. The van der Waals surface area contributed by atoms with Crippen LogP contribution in [0, 0.1) is 0 Å². The summed E-state index contributed by atoms with van der Waals surface area (Å²) in [5.41, 5.74) is 1.32. The molecule has 0 aromatic rings. The molecule has 0 aromatic carbocycles. The highest BCUT2D eigenvalue weighted by Crippen LogP contribution is 2.11. The molecule has 1 heteroatoms. The molecule has 1 aliphatic heterocycles. The molecule has 1 nitrogen and oxygen atoms in total. The average Bonchev–Trinajstić information content (AvgIpc) is 2.39. The summed E-state index contributed by atoms with van der Waals surface area (Å²) in [6.45, 7) is 9.11. The Morgan fingerprint density at radius 2 is 2.36 bits per heavy atom. The zero-order chi connectivity index (χ0) is 10.4. The van der Waals surface area contributed by atoms with Crippen molar-refractivity contribution in [3.05, 3.63) is 48.7 Å². The highest BCUT2D eigenvalue weighted by molar-refractivity contribution is 5.18. The van der Waals surface area contributed by atoms with Crippen molar-refractivity contribution in [2.24, 2.45) is 0 Å². The van der Waals surface area contributed by atoms with E-state index in [2.05, 4.69) is 49.8 Å². The molecule has 0 radical (unpaired) electrons. The first kappa shape index (κ1) is 10.8. The van der Waals surface area contributed by atoms with Gasteiger partial charge in [-0.1, -0.05) is 37.0 Å². The van der Waals surface area contributed by atoms with E-state index in [-0.39, 0.29) is 0 Å². The summed E-state index contributed by atoms with van der Waals surface area (Å²) >= 11 is 0. The first-order valence-corrected chi connectivity index (χ1v) is 5.14. The maximum Gasteiger partial charge on any atom is 0.0442 e. The number of allylic oxidation sites excluding steroid dienone is 4. The highest BCUT2D eigenvalue weighted by Gasteiger charge is 2.07. The van der Waals surface area contributed by atoms with Gasteiger partial charge in [-0.2, -0.15) is 0 Å². The van der Waals surface area contributed by atoms with Crippen LogP contribution in [0.5, 0.6) is 0 Å². The number of hydrogen-bond acceptors (Lipinski definition) is 1. The minimum absolute atomic E-state index is 0.447. The summed E-state index contributed by atoms with van der Waals surface area (Å²) < 4.78 is 0. The van der Waals surface area contributed by atoms with E-state index in [1.54, 1.807) is 0 Å². The molecule has 0 saturated carbocycles. The number of rotatable bonds is 3. The summed E-state index contributed by atoms with van der Waals surface area (Å²) in [5, 5.41) is 0. The van der Waals surface area contributed by atoms with Crippen LogP contribution < -0.4 is 0 Å². The van der Waals surface area contributed by atoms with Crippen LogP contribution in [0.25, 0.3) is 0 Å². The first-order valence-electron chi connectivity index (χ1n) is 5.14. The van der Waals surface area contributed by atoms with E-state index < -0.39 is 0 Å². The van der Waals surface area contributed by atoms with Crippen LogP contribution >= 0.6 is 0 Å². The van der Waals surface area contributed by atoms with Crippen molar-refractivity contribution in [3.63, 3.8) is 0 Å².